The molecule has 0 saturated carbocycles. The zero-order chi connectivity index (χ0) is 10.1. The van der Waals surface area contributed by atoms with Crippen LogP contribution in [0.4, 0.5) is 0 Å². The van der Waals surface area contributed by atoms with E-state index in [4.69, 9.17) is 5.73 Å². The van der Waals surface area contributed by atoms with Crippen molar-refractivity contribution < 1.29 is 4.79 Å². The molecule has 1 heterocycles. The van der Waals surface area contributed by atoms with E-state index in [9.17, 15) is 4.79 Å². The van der Waals surface area contributed by atoms with Gasteiger partial charge < -0.3 is 10.6 Å². The first-order chi connectivity index (χ1) is 6.76. The Bertz CT molecular complexity index is 374. The number of carbonyl (C=O) groups excluding carboxylic acids is 1. The Kier molecular flexibility index (Phi) is 2.25. The number of fused-ring (bicyclic) bond motifs is 1. The average molecular weight is 190 g/mol. The first kappa shape index (κ1) is 9.21. The maximum Gasteiger partial charge on any atom is 0.254 e. The standard InChI is InChI=1S/C11H14N2O/c1-2-13-7-9-5-8(6-12)3-4-10(9)11(13)14/h3-5H,2,6-7,12H2,1H3. The number of carbonyl (C=O) groups is 1. The lowest BCUT2D eigenvalue weighted by Crippen LogP contribution is -2.22. The summed E-state index contributed by atoms with van der Waals surface area (Å²) in [5, 5.41) is 0. The molecule has 0 saturated heterocycles. The maximum atomic E-state index is 11.7. The summed E-state index contributed by atoms with van der Waals surface area (Å²) in [5.41, 5.74) is 8.59. The Morgan fingerprint density at radius 2 is 2.29 bits per heavy atom. The third kappa shape index (κ3) is 1.30. The molecule has 0 atom stereocenters. The summed E-state index contributed by atoms with van der Waals surface area (Å²) >= 11 is 0. The summed E-state index contributed by atoms with van der Waals surface area (Å²) in [7, 11) is 0. The first-order valence-corrected chi connectivity index (χ1v) is 4.87. The van der Waals surface area contributed by atoms with Crippen LogP contribution >= 0.6 is 0 Å². The van der Waals surface area contributed by atoms with E-state index in [-0.39, 0.29) is 5.91 Å². The van der Waals surface area contributed by atoms with Gasteiger partial charge in [0.25, 0.3) is 5.91 Å². The Morgan fingerprint density at radius 1 is 1.50 bits per heavy atom. The van der Waals surface area contributed by atoms with Crippen molar-refractivity contribution >= 4 is 5.91 Å². The second kappa shape index (κ2) is 3.42. The summed E-state index contributed by atoms with van der Waals surface area (Å²) in [6.07, 6.45) is 0. The second-order valence-electron chi connectivity index (χ2n) is 3.51. The molecule has 2 N–H and O–H groups in total. The number of hydrogen-bond acceptors (Lipinski definition) is 2. The highest BCUT2D eigenvalue weighted by molar-refractivity contribution is 5.98. The van der Waals surface area contributed by atoms with Gasteiger partial charge in [-0.05, 0) is 24.1 Å². The van der Waals surface area contributed by atoms with Crippen LogP contribution in [0.15, 0.2) is 18.2 Å². The average Bonchev–Trinajstić information content (AvgIpc) is 2.55. The molecule has 0 fully saturated rings. The molecule has 3 heteroatoms. The van der Waals surface area contributed by atoms with Crippen molar-refractivity contribution in [3.63, 3.8) is 0 Å². The molecule has 74 valence electrons. The van der Waals surface area contributed by atoms with Gasteiger partial charge in [0.15, 0.2) is 0 Å². The van der Waals surface area contributed by atoms with Crippen molar-refractivity contribution in [3.05, 3.63) is 34.9 Å². The van der Waals surface area contributed by atoms with Crippen molar-refractivity contribution in [2.75, 3.05) is 6.54 Å². The highest BCUT2D eigenvalue weighted by Gasteiger charge is 2.25. The maximum absolute atomic E-state index is 11.7. The normalized spacial score (nSPS) is 14.7. The number of hydrogen-bond donors (Lipinski definition) is 1. The number of nitrogens with zero attached hydrogens (tertiary/aromatic N) is 1. The molecule has 3 nitrogen and oxygen atoms in total. The minimum absolute atomic E-state index is 0.145. The lowest BCUT2D eigenvalue weighted by Gasteiger charge is -2.10. The van der Waals surface area contributed by atoms with Crippen LogP contribution in [-0.4, -0.2) is 17.4 Å². The van der Waals surface area contributed by atoms with Crippen LogP contribution in [0, 0.1) is 0 Å². The van der Waals surface area contributed by atoms with Gasteiger partial charge in [-0.2, -0.15) is 0 Å². The van der Waals surface area contributed by atoms with Crippen molar-refractivity contribution in [2.24, 2.45) is 5.73 Å². The van der Waals surface area contributed by atoms with Crippen LogP contribution in [0.25, 0.3) is 0 Å². The Morgan fingerprint density at radius 3 is 2.93 bits per heavy atom. The summed E-state index contributed by atoms with van der Waals surface area (Å²) in [6, 6.07) is 5.84. The van der Waals surface area contributed by atoms with Crippen LogP contribution in [0.5, 0.6) is 0 Å². The van der Waals surface area contributed by atoms with Gasteiger partial charge in [-0.25, -0.2) is 0 Å². The SMILES string of the molecule is CCN1Cc2cc(CN)ccc2C1=O. The van der Waals surface area contributed by atoms with E-state index in [1.165, 1.54) is 0 Å². The Labute approximate surface area is 83.5 Å². The van der Waals surface area contributed by atoms with E-state index in [0.29, 0.717) is 6.54 Å². The Hall–Kier alpha value is -1.35. The lowest BCUT2D eigenvalue weighted by atomic mass is 10.1. The fourth-order valence-electron chi connectivity index (χ4n) is 1.82. The predicted molar refractivity (Wildman–Crippen MR) is 54.7 cm³/mol. The van der Waals surface area contributed by atoms with Crippen molar-refractivity contribution in [3.8, 4) is 0 Å². The summed E-state index contributed by atoms with van der Waals surface area (Å²) < 4.78 is 0. The molecule has 1 aliphatic rings. The molecule has 0 radical (unpaired) electrons. The van der Waals surface area contributed by atoms with Gasteiger partial charge in [-0.3, -0.25) is 4.79 Å². The zero-order valence-corrected chi connectivity index (χ0v) is 8.29. The molecule has 1 aromatic carbocycles. The highest BCUT2D eigenvalue weighted by Crippen LogP contribution is 2.23. The fourth-order valence-corrected chi connectivity index (χ4v) is 1.82. The summed E-state index contributed by atoms with van der Waals surface area (Å²) in [5.74, 6) is 0.145. The van der Waals surface area contributed by atoms with E-state index in [2.05, 4.69) is 0 Å². The molecule has 1 amide bonds. The number of rotatable bonds is 2. The van der Waals surface area contributed by atoms with E-state index >= 15 is 0 Å². The molecule has 0 spiro atoms. The smallest absolute Gasteiger partial charge is 0.254 e. The minimum Gasteiger partial charge on any atom is -0.335 e. The van der Waals surface area contributed by atoms with Gasteiger partial charge in [-0.15, -0.1) is 0 Å². The molecule has 1 aromatic rings. The monoisotopic (exact) mass is 190 g/mol. The van der Waals surface area contributed by atoms with Gasteiger partial charge in [0.05, 0.1) is 0 Å². The largest absolute Gasteiger partial charge is 0.335 e. The van der Waals surface area contributed by atoms with E-state index in [1.807, 2.05) is 30.0 Å². The van der Waals surface area contributed by atoms with Crippen LogP contribution in [0.2, 0.25) is 0 Å². The molecule has 0 bridgehead atoms. The molecular weight excluding hydrogens is 176 g/mol. The van der Waals surface area contributed by atoms with Crippen molar-refractivity contribution in [1.82, 2.24) is 4.90 Å². The van der Waals surface area contributed by atoms with E-state index in [0.717, 1.165) is 29.8 Å². The molecule has 0 aromatic heterocycles. The highest BCUT2D eigenvalue weighted by atomic mass is 16.2. The van der Waals surface area contributed by atoms with Crippen molar-refractivity contribution in [2.45, 2.75) is 20.0 Å². The van der Waals surface area contributed by atoms with Gasteiger partial charge in [0.2, 0.25) is 0 Å². The molecule has 2 rings (SSSR count). The topological polar surface area (TPSA) is 46.3 Å². The molecule has 1 aliphatic heterocycles. The third-order valence-corrected chi connectivity index (χ3v) is 2.67. The molecule has 14 heavy (non-hydrogen) atoms. The van der Waals surface area contributed by atoms with Crippen LogP contribution < -0.4 is 5.73 Å². The number of benzene rings is 1. The molecule has 0 aliphatic carbocycles. The quantitative estimate of drug-likeness (QED) is 0.759. The Balaban J connectivity index is 2.38. The number of amides is 1. The van der Waals surface area contributed by atoms with Gasteiger partial charge in [0, 0.05) is 25.2 Å². The van der Waals surface area contributed by atoms with Crippen molar-refractivity contribution in [1.29, 1.82) is 0 Å². The fraction of sp³-hybridized carbons (Fsp3) is 0.364. The zero-order valence-electron chi connectivity index (χ0n) is 8.29. The van der Waals surface area contributed by atoms with Crippen LogP contribution in [0.3, 0.4) is 0 Å². The molecule has 0 unspecified atom stereocenters. The number of nitrogens with two attached hydrogens (primary N) is 1. The lowest BCUT2D eigenvalue weighted by molar-refractivity contribution is 0.0787. The first-order valence-electron chi connectivity index (χ1n) is 4.87. The van der Waals surface area contributed by atoms with Crippen LogP contribution in [-0.2, 0) is 13.1 Å². The van der Waals surface area contributed by atoms with E-state index in [1.54, 1.807) is 0 Å². The second-order valence-corrected chi connectivity index (χ2v) is 3.51. The minimum atomic E-state index is 0.145. The van der Waals surface area contributed by atoms with Gasteiger partial charge in [-0.1, -0.05) is 12.1 Å². The molecular formula is C11H14N2O. The summed E-state index contributed by atoms with van der Waals surface area (Å²) in [6.45, 7) is 4.03. The van der Waals surface area contributed by atoms with Crippen LogP contribution in [0.1, 0.15) is 28.4 Å². The van der Waals surface area contributed by atoms with E-state index < -0.39 is 0 Å². The third-order valence-electron chi connectivity index (χ3n) is 2.67. The predicted octanol–water partition coefficient (Wildman–Crippen LogP) is 1.12. The summed E-state index contributed by atoms with van der Waals surface area (Å²) in [4.78, 5) is 13.6. The van der Waals surface area contributed by atoms with Gasteiger partial charge >= 0.3 is 0 Å². The van der Waals surface area contributed by atoms with Gasteiger partial charge in [0.1, 0.15) is 0 Å².